The van der Waals surface area contributed by atoms with Gasteiger partial charge in [-0.25, -0.2) is 0 Å². The summed E-state index contributed by atoms with van der Waals surface area (Å²) < 4.78 is 2.56. The predicted molar refractivity (Wildman–Crippen MR) is 212 cm³/mol. The van der Waals surface area contributed by atoms with E-state index >= 15 is 0 Å². The number of thiophene rings is 1. The highest BCUT2D eigenvalue weighted by molar-refractivity contribution is 7.25. The minimum atomic E-state index is 1.08. The van der Waals surface area contributed by atoms with Gasteiger partial charge < -0.3 is 10.2 Å². The van der Waals surface area contributed by atoms with Crippen molar-refractivity contribution in [1.82, 2.24) is 0 Å². The van der Waals surface area contributed by atoms with Gasteiger partial charge in [-0.1, -0.05) is 121 Å². The van der Waals surface area contributed by atoms with Crippen LogP contribution in [0.25, 0.3) is 53.2 Å². The molecule has 0 saturated carbocycles. The molecule has 2 nitrogen and oxygen atoms in total. The molecule has 0 atom stereocenters. The lowest BCUT2D eigenvalue weighted by molar-refractivity contribution is 1.28. The molecule has 9 rings (SSSR count). The number of fused-ring (bicyclic) bond motifs is 4. The zero-order valence-corrected chi connectivity index (χ0v) is 27.6. The van der Waals surface area contributed by atoms with E-state index in [0.717, 1.165) is 28.4 Å². The third kappa shape index (κ3) is 5.50. The Kier molecular flexibility index (Phi) is 7.38. The maximum atomic E-state index is 3.69. The quantitative estimate of drug-likeness (QED) is 0.186. The Labute approximate surface area is 290 Å². The van der Waals surface area contributed by atoms with E-state index in [9.17, 15) is 0 Å². The normalized spacial score (nSPS) is 11.3. The fourth-order valence-corrected chi connectivity index (χ4v) is 8.05. The van der Waals surface area contributed by atoms with E-state index < -0.39 is 0 Å². The van der Waals surface area contributed by atoms with Crippen LogP contribution in [0.15, 0.2) is 188 Å². The van der Waals surface area contributed by atoms with Gasteiger partial charge in [0.25, 0.3) is 0 Å². The first-order valence-corrected chi connectivity index (χ1v) is 17.4. The van der Waals surface area contributed by atoms with E-state index in [1.807, 2.05) is 11.3 Å². The van der Waals surface area contributed by atoms with E-state index in [0.29, 0.717) is 0 Å². The fraction of sp³-hybridized carbons (Fsp3) is 0. The molecule has 0 aliphatic heterocycles. The van der Waals surface area contributed by atoms with Crippen LogP contribution in [0.3, 0.4) is 0 Å². The van der Waals surface area contributed by atoms with Gasteiger partial charge in [-0.15, -0.1) is 11.3 Å². The summed E-state index contributed by atoms with van der Waals surface area (Å²) >= 11 is 1.85. The van der Waals surface area contributed by atoms with Gasteiger partial charge in [-0.2, -0.15) is 0 Å². The summed E-state index contributed by atoms with van der Waals surface area (Å²) in [5.41, 5.74) is 10.4. The Hall–Kier alpha value is -6.16. The number of hydrogen-bond acceptors (Lipinski definition) is 3. The number of para-hydroxylation sites is 3. The van der Waals surface area contributed by atoms with Crippen molar-refractivity contribution in [1.29, 1.82) is 0 Å². The maximum Gasteiger partial charge on any atom is 0.0540 e. The average Bonchev–Trinajstić information content (AvgIpc) is 3.53. The van der Waals surface area contributed by atoms with Crippen molar-refractivity contribution < 1.29 is 0 Å². The van der Waals surface area contributed by atoms with E-state index in [2.05, 4.69) is 198 Å². The molecule has 1 N–H and O–H groups in total. The molecule has 9 aromatic rings. The molecule has 1 aromatic heterocycles. The van der Waals surface area contributed by atoms with Gasteiger partial charge in [-0.05, 0) is 94.2 Å². The molecule has 0 unspecified atom stereocenters. The van der Waals surface area contributed by atoms with Crippen LogP contribution < -0.4 is 10.2 Å². The molecular formula is C46H32N2S. The van der Waals surface area contributed by atoms with Gasteiger partial charge in [0.05, 0.1) is 5.69 Å². The molecule has 49 heavy (non-hydrogen) atoms. The first-order chi connectivity index (χ1) is 24.3. The Morgan fingerprint density at radius 1 is 0.388 bits per heavy atom. The van der Waals surface area contributed by atoms with Crippen molar-refractivity contribution in [3.63, 3.8) is 0 Å². The molecule has 0 spiro atoms. The zero-order chi connectivity index (χ0) is 32.6. The van der Waals surface area contributed by atoms with Crippen LogP contribution in [0.1, 0.15) is 0 Å². The number of hydrogen-bond donors (Lipinski definition) is 1. The second-order valence-corrected chi connectivity index (χ2v) is 13.4. The van der Waals surface area contributed by atoms with Crippen LogP contribution in [-0.2, 0) is 0 Å². The molecule has 0 aliphatic carbocycles. The molecule has 1 heterocycles. The highest BCUT2D eigenvalue weighted by Crippen LogP contribution is 2.43. The highest BCUT2D eigenvalue weighted by Gasteiger charge is 2.17. The van der Waals surface area contributed by atoms with E-state index in [1.54, 1.807) is 0 Å². The zero-order valence-electron chi connectivity index (χ0n) is 26.8. The van der Waals surface area contributed by atoms with Crippen LogP contribution in [-0.4, -0.2) is 0 Å². The van der Waals surface area contributed by atoms with E-state index in [4.69, 9.17) is 0 Å². The third-order valence-electron chi connectivity index (χ3n) is 9.21. The third-order valence-corrected chi connectivity index (χ3v) is 10.3. The van der Waals surface area contributed by atoms with Crippen molar-refractivity contribution in [3.05, 3.63) is 188 Å². The van der Waals surface area contributed by atoms with Gasteiger partial charge in [0.2, 0.25) is 0 Å². The lowest BCUT2D eigenvalue weighted by Crippen LogP contribution is -2.10. The van der Waals surface area contributed by atoms with E-state index in [1.165, 1.54) is 53.2 Å². The number of nitrogens with one attached hydrogen (secondary N) is 1. The van der Waals surface area contributed by atoms with Crippen LogP contribution in [0.2, 0.25) is 0 Å². The van der Waals surface area contributed by atoms with Crippen molar-refractivity contribution in [2.45, 2.75) is 0 Å². The standard InChI is InChI=1S/C46H32N2S/c1-3-17-37(18-4-1)48(38-19-5-2-6-20-38)44-24-10-9-22-41(44)34-25-28-45-43(30-34)42-27-26-36(31-46(42)49-45)47-35-16-11-15-33(29-35)40-23-12-14-32-13-7-8-21-39(32)40/h1-31,47H. The molecule has 8 aromatic carbocycles. The summed E-state index contributed by atoms with van der Waals surface area (Å²) in [5.74, 6) is 0. The van der Waals surface area contributed by atoms with Crippen molar-refractivity contribution >= 4 is 70.7 Å². The topological polar surface area (TPSA) is 15.3 Å². The molecule has 0 fully saturated rings. The fourth-order valence-electron chi connectivity index (χ4n) is 6.92. The summed E-state index contributed by atoms with van der Waals surface area (Å²) in [6.07, 6.45) is 0. The lowest BCUT2D eigenvalue weighted by atomic mass is 9.98. The summed E-state index contributed by atoms with van der Waals surface area (Å²) in [4.78, 5) is 2.35. The van der Waals surface area contributed by atoms with Crippen LogP contribution in [0.4, 0.5) is 28.4 Å². The monoisotopic (exact) mass is 644 g/mol. The van der Waals surface area contributed by atoms with Crippen LogP contribution in [0, 0.1) is 0 Å². The highest BCUT2D eigenvalue weighted by atomic mass is 32.1. The number of rotatable bonds is 7. The minimum Gasteiger partial charge on any atom is -0.355 e. The van der Waals surface area contributed by atoms with Crippen molar-refractivity contribution in [3.8, 4) is 22.3 Å². The van der Waals surface area contributed by atoms with Gasteiger partial charge in [0.15, 0.2) is 0 Å². The molecule has 0 bridgehead atoms. The Bertz CT molecular complexity index is 2540. The van der Waals surface area contributed by atoms with Crippen LogP contribution in [0.5, 0.6) is 0 Å². The number of nitrogens with zero attached hydrogens (tertiary/aromatic N) is 1. The summed E-state index contributed by atoms with van der Waals surface area (Å²) in [6, 6.07) is 67.4. The first-order valence-electron chi connectivity index (χ1n) is 16.6. The van der Waals surface area contributed by atoms with Gasteiger partial charge in [-0.3, -0.25) is 0 Å². The molecule has 0 aliphatic rings. The molecular weight excluding hydrogens is 613 g/mol. The van der Waals surface area contributed by atoms with Crippen LogP contribution >= 0.6 is 11.3 Å². The summed E-state index contributed by atoms with van der Waals surface area (Å²) in [7, 11) is 0. The summed E-state index contributed by atoms with van der Waals surface area (Å²) in [6.45, 7) is 0. The predicted octanol–water partition coefficient (Wildman–Crippen LogP) is 13.8. The molecule has 3 heteroatoms. The molecule has 0 saturated heterocycles. The van der Waals surface area contributed by atoms with Crippen molar-refractivity contribution in [2.24, 2.45) is 0 Å². The molecule has 0 radical (unpaired) electrons. The largest absolute Gasteiger partial charge is 0.355 e. The first kappa shape index (κ1) is 29.0. The number of anilines is 5. The number of benzene rings is 8. The smallest absolute Gasteiger partial charge is 0.0540 e. The lowest BCUT2D eigenvalue weighted by Gasteiger charge is -2.27. The van der Waals surface area contributed by atoms with Gasteiger partial charge >= 0.3 is 0 Å². The Morgan fingerprint density at radius 2 is 1.04 bits per heavy atom. The van der Waals surface area contributed by atoms with Gasteiger partial charge in [0, 0.05) is 48.5 Å². The molecule has 232 valence electrons. The van der Waals surface area contributed by atoms with E-state index in [-0.39, 0.29) is 0 Å². The maximum absolute atomic E-state index is 3.69. The Morgan fingerprint density at radius 3 is 1.88 bits per heavy atom. The summed E-state index contributed by atoms with van der Waals surface area (Å²) in [5, 5.41) is 8.77. The van der Waals surface area contributed by atoms with Crippen molar-refractivity contribution in [2.75, 3.05) is 10.2 Å². The minimum absolute atomic E-state index is 1.08. The second-order valence-electron chi connectivity index (χ2n) is 12.3. The second kappa shape index (κ2) is 12.5. The SMILES string of the molecule is c1ccc(N(c2ccccc2)c2ccccc2-c2ccc3sc4cc(Nc5cccc(-c6cccc7ccccc67)c5)ccc4c3c2)cc1. The molecule has 0 amide bonds. The average molecular weight is 645 g/mol. The van der Waals surface area contributed by atoms with Gasteiger partial charge in [0.1, 0.15) is 0 Å². The Balaban J connectivity index is 1.07.